The minimum Gasteiger partial charge on any atom is -0.360 e. The van der Waals surface area contributed by atoms with Gasteiger partial charge in [0.1, 0.15) is 22.0 Å². The highest BCUT2D eigenvalue weighted by Gasteiger charge is 2.23. The second-order valence-corrected chi connectivity index (χ2v) is 6.81. The van der Waals surface area contributed by atoms with Gasteiger partial charge in [0.05, 0.1) is 12.7 Å². The predicted molar refractivity (Wildman–Crippen MR) is 84.4 cm³/mol. The summed E-state index contributed by atoms with van der Waals surface area (Å²) < 4.78 is 33.6. The summed E-state index contributed by atoms with van der Waals surface area (Å²) in [5.74, 6) is 0.268. The van der Waals surface area contributed by atoms with Crippen LogP contribution >= 0.6 is 0 Å². The number of rotatable bonds is 6. The van der Waals surface area contributed by atoms with E-state index in [0.29, 0.717) is 23.6 Å². The third-order valence-corrected chi connectivity index (χ3v) is 5.04. The van der Waals surface area contributed by atoms with E-state index in [1.54, 1.807) is 49.4 Å². The minimum absolute atomic E-state index is 0.0863. The van der Waals surface area contributed by atoms with Crippen LogP contribution in [-0.4, -0.2) is 39.9 Å². The molecule has 0 atom stereocenters. The summed E-state index contributed by atoms with van der Waals surface area (Å²) in [6, 6.07) is 1.80. The van der Waals surface area contributed by atoms with Crippen molar-refractivity contribution in [2.45, 2.75) is 25.3 Å². The van der Waals surface area contributed by atoms with Crippen LogP contribution in [0, 0.1) is 13.8 Å². The maximum absolute atomic E-state index is 12.3. The Balaban J connectivity index is 1.64. The normalized spacial score (nSPS) is 11.8. The van der Waals surface area contributed by atoms with Gasteiger partial charge in [-0.2, -0.15) is 5.10 Å². The first-order valence-electron chi connectivity index (χ1n) is 7.20. The SMILES string of the molecule is Cc1noc(C)c1S(=O)(=O)NCCn1ccc(-c2cnccn2)n1. The second-order valence-electron chi connectivity index (χ2n) is 5.11. The summed E-state index contributed by atoms with van der Waals surface area (Å²) >= 11 is 0. The molecule has 0 unspecified atom stereocenters. The fourth-order valence-electron chi connectivity index (χ4n) is 2.28. The van der Waals surface area contributed by atoms with E-state index < -0.39 is 10.0 Å². The van der Waals surface area contributed by atoms with E-state index in [0.717, 1.165) is 0 Å². The van der Waals surface area contributed by atoms with Crippen LogP contribution in [0.15, 0.2) is 40.3 Å². The average Bonchev–Trinajstić information content (AvgIpc) is 3.15. The second kappa shape index (κ2) is 6.49. The molecule has 0 amide bonds. The highest BCUT2D eigenvalue weighted by atomic mass is 32.2. The Morgan fingerprint density at radius 2 is 2.08 bits per heavy atom. The van der Waals surface area contributed by atoms with E-state index in [9.17, 15) is 8.42 Å². The first-order valence-corrected chi connectivity index (χ1v) is 8.68. The zero-order valence-electron chi connectivity index (χ0n) is 13.2. The monoisotopic (exact) mass is 348 g/mol. The maximum atomic E-state index is 12.3. The highest BCUT2D eigenvalue weighted by Crippen LogP contribution is 2.18. The summed E-state index contributed by atoms with van der Waals surface area (Å²) in [5.41, 5.74) is 1.67. The zero-order valence-corrected chi connectivity index (χ0v) is 14.0. The van der Waals surface area contributed by atoms with Crippen molar-refractivity contribution in [3.05, 3.63) is 42.3 Å². The smallest absolute Gasteiger partial charge is 0.246 e. The lowest BCUT2D eigenvalue weighted by Gasteiger charge is -2.06. The summed E-state index contributed by atoms with van der Waals surface area (Å²) in [6.45, 7) is 3.72. The van der Waals surface area contributed by atoms with Gasteiger partial charge in [0.15, 0.2) is 5.76 Å². The van der Waals surface area contributed by atoms with Crippen LogP contribution in [0.1, 0.15) is 11.5 Å². The molecule has 0 aromatic carbocycles. The third kappa shape index (κ3) is 3.34. The van der Waals surface area contributed by atoms with E-state index >= 15 is 0 Å². The van der Waals surface area contributed by atoms with E-state index in [4.69, 9.17) is 4.52 Å². The molecule has 24 heavy (non-hydrogen) atoms. The van der Waals surface area contributed by atoms with Crippen LogP contribution in [0.5, 0.6) is 0 Å². The van der Waals surface area contributed by atoms with E-state index in [2.05, 4.69) is 24.9 Å². The van der Waals surface area contributed by atoms with Crippen molar-refractivity contribution >= 4 is 10.0 Å². The van der Waals surface area contributed by atoms with Crippen LogP contribution < -0.4 is 4.72 Å². The van der Waals surface area contributed by atoms with Crippen LogP contribution in [0.25, 0.3) is 11.4 Å². The molecule has 0 spiro atoms. The van der Waals surface area contributed by atoms with E-state index in [1.165, 1.54) is 0 Å². The standard InChI is InChI=1S/C14H16N6O3S/c1-10-14(11(2)23-19-10)24(21,22)17-6-8-20-7-3-12(18-20)13-9-15-4-5-16-13/h3-5,7,9,17H,6,8H2,1-2H3. The molecule has 0 radical (unpaired) electrons. The molecule has 9 nitrogen and oxygen atoms in total. The van der Waals surface area contributed by atoms with Crippen molar-refractivity contribution < 1.29 is 12.9 Å². The molecule has 0 saturated carbocycles. The molecule has 0 bridgehead atoms. The molecule has 126 valence electrons. The maximum Gasteiger partial charge on any atom is 0.246 e. The topological polar surface area (TPSA) is 116 Å². The van der Waals surface area contributed by atoms with Crippen LogP contribution in [0.3, 0.4) is 0 Å². The number of nitrogens with zero attached hydrogens (tertiary/aromatic N) is 5. The van der Waals surface area contributed by atoms with Gasteiger partial charge in [-0.15, -0.1) is 0 Å². The number of aromatic nitrogens is 5. The summed E-state index contributed by atoms with van der Waals surface area (Å²) in [6.07, 6.45) is 6.55. The van der Waals surface area contributed by atoms with Crippen LogP contribution in [0.4, 0.5) is 0 Å². The number of aryl methyl sites for hydroxylation is 2. The van der Waals surface area contributed by atoms with Gasteiger partial charge < -0.3 is 4.52 Å². The quantitative estimate of drug-likeness (QED) is 0.704. The lowest BCUT2D eigenvalue weighted by Crippen LogP contribution is -2.28. The van der Waals surface area contributed by atoms with Gasteiger partial charge >= 0.3 is 0 Å². The fourth-order valence-corrected chi connectivity index (χ4v) is 3.63. The molecule has 0 fully saturated rings. The zero-order chi connectivity index (χ0) is 17.2. The number of hydrogen-bond donors (Lipinski definition) is 1. The molecule has 3 heterocycles. The van der Waals surface area contributed by atoms with Crippen molar-refractivity contribution in [1.82, 2.24) is 29.6 Å². The molecule has 10 heteroatoms. The van der Waals surface area contributed by atoms with Crippen molar-refractivity contribution in [3.8, 4) is 11.4 Å². The Morgan fingerprint density at radius 1 is 1.25 bits per heavy atom. The Labute approximate surface area is 138 Å². The summed E-state index contributed by atoms with van der Waals surface area (Å²) in [7, 11) is -3.66. The summed E-state index contributed by atoms with van der Waals surface area (Å²) in [5, 5.41) is 8.01. The predicted octanol–water partition coefficient (Wildman–Crippen LogP) is 0.923. The number of hydrogen-bond acceptors (Lipinski definition) is 7. The van der Waals surface area contributed by atoms with E-state index in [-0.39, 0.29) is 17.2 Å². The Hall–Kier alpha value is -2.59. The third-order valence-electron chi connectivity index (χ3n) is 3.34. The van der Waals surface area contributed by atoms with E-state index in [1.807, 2.05) is 0 Å². The molecule has 3 aromatic rings. The molecular weight excluding hydrogens is 332 g/mol. The molecule has 0 aliphatic heterocycles. The molecule has 1 N–H and O–H groups in total. The molecule has 3 rings (SSSR count). The molecule has 0 saturated heterocycles. The lowest BCUT2D eigenvalue weighted by atomic mass is 10.3. The van der Waals surface area contributed by atoms with Gasteiger partial charge in [-0.1, -0.05) is 5.16 Å². The van der Waals surface area contributed by atoms with Gasteiger partial charge in [-0.05, 0) is 19.9 Å². The van der Waals surface area contributed by atoms with Crippen LogP contribution in [-0.2, 0) is 16.6 Å². The lowest BCUT2D eigenvalue weighted by molar-refractivity contribution is 0.390. The molecule has 3 aromatic heterocycles. The van der Waals surface area contributed by atoms with Gasteiger partial charge in [-0.25, -0.2) is 13.1 Å². The van der Waals surface area contributed by atoms with Gasteiger partial charge in [0.2, 0.25) is 10.0 Å². The van der Waals surface area contributed by atoms with Gasteiger partial charge in [-0.3, -0.25) is 14.6 Å². The fraction of sp³-hybridized carbons (Fsp3) is 0.286. The highest BCUT2D eigenvalue weighted by molar-refractivity contribution is 7.89. The summed E-state index contributed by atoms with van der Waals surface area (Å²) in [4.78, 5) is 8.25. The average molecular weight is 348 g/mol. The van der Waals surface area contributed by atoms with Crippen LogP contribution in [0.2, 0.25) is 0 Å². The Morgan fingerprint density at radius 3 is 2.75 bits per heavy atom. The van der Waals surface area contributed by atoms with Gasteiger partial charge in [0.25, 0.3) is 0 Å². The minimum atomic E-state index is -3.66. The van der Waals surface area contributed by atoms with Crippen molar-refractivity contribution in [2.75, 3.05) is 6.54 Å². The Bertz CT molecular complexity index is 913. The Kier molecular flexibility index (Phi) is 4.40. The first kappa shape index (κ1) is 16.3. The molecule has 0 aliphatic carbocycles. The number of nitrogens with one attached hydrogen (secondary N) is 1. The first-order chi connectivity index (χ1) is 11.5. The molecular formula is C14H16N6O3S. The largest absolute Gasteiger partial charge is 0.360 e. The van der Waals surface area contributed by atoms with Crippen molar-refractivity contribution in [2.24, 2.45) is 0 Å². The van der Waals surface area contributed by atoms with Crippen molar-refractivity contribution in [1.29, 1.82) is 0 Å². The molecule has 0 aliphatic rings. The van der Waals surface area contributed by atoms with Gasteiger partial charge in [0, 0.05) is 25.1 Å². The van der Waals surface area contributed by atoms with Crippen molar-refractivity contribution in [3.63, 3.8) is 0 Å². The number of sulfonamides is 1.